The van der Waals surface area contributed by atoms with Gasteiger partial charge in [-0.2, -0.15) is 0 Å². The number of likely N-dealkylation sites (tertiary alicyclic amines) is 1. The van der Waals surface area contributed by atoms with Gasteiger partial charge in [-0.25, -0.2) is 4.39 Å². The molecule has 0 radical (unpaired) electrons. The quantitative estimate of drug-likeness (QED) is 0.896. The smallest absolute Gasteiger partial charge is 0.137 e. The van der Waals surface area contributed by atoms with Crippen LogP contribution >= 0.6 is 15.9 Å². The van der Waals surface area contributed by atoms with Gasteiger partial charge in [-0.15, -0.1) is 0 Å². The highest BCUT2D eigenvalue weighted by Gasteiger charge is 2.36. The normalized spacial score (nSPS) is 29.2. The maximum atomic E-state index is 13.3. The predicted octanol–water partition coefficient (Wildman–Crippen LogP) is 3.33. The van der Waals surface area contributed by atoms with Crippen LogP contribution in [0, 0.1) is 11.7 Å². The maximum absolute atomic E-state index is 13.3. The van der Waals surface area contributed by atoms with Crippen molar-refractivity contribution in [3.8, 4) is 0 Å². The summed E-state index contributed by atoms with van der Waals surface area (Å²) < 4.78 is 13.9. The number of hydrogen-bond donors (Lipinski definition) is 1. The Hall–Kier alpha value is -0.450. The predicted molar refractivity (Wildman–Crippen MR) is 78.6 cm³/mol. The Bertz CT molecular complexity index is 451. The van der Waals surface area contributed by atoms with Gasteiger partial charge in [0.25, 0.3) is 0 Å². The third-order valence-electron chi connectivity index (χ3n) is 4.60. The number of nitrogens with zero attached hydrogens (tertiary/aromatic N) is 1. The van der Waals surface area contributed by atoms with E-state index in [2.05, 4.69) is 33.1 Å². The van der Waals surface area contributed by atoms with Gasteiger partial charge in [-0.3, -0.25) is 4.90 Å². The molecule has 0 aliphatic carbocycles. The van der Waals surface area contributed by atoms with E-state index in [-0.39, 0.29) is 5.82 Å². The van der Waals surface area contributed by atoms with Gasteiger partial charge in [0.1, 0.15) is 5.82 Å². The zero-order valence-electron chi connectivity index (χ0n) is 11.2. The fraction of sp³-hybridized carbons (Fsp3) is 0.600. The first-order valence-corrected chi connectivity index (χ1v) is 7.87. The molecule has 0 aromatic heterocycles. The number of rotatable bonds is 2. The summed E-state index contributed by atoms with van der Waals surface area (Å²) in [5, 5.41) is 3.63. The van der Waals surface area contributed by atoms with Crippen LogP contribution in [-0.2, 0) is 0 Å². The molecule has 4 heteroatoms. The van der Waals surface area contributed by atoms with Gasteiger partial charge >= 0.3 is 0 Å². The highest BCUT2D eigenvalue weighted by molar-refractivity contribution is 9.10. The summed E-state index contributed by atoms with van der Waals surface area (Å²) in [6.07, 6.45) is 2.64. The summed E-state index contributed by atoms with van der Waals surface area (Å²) >= 11 is 3.28. The minimum absolute atomic E-state index is 0.187. The fourth-order valence-electron chi connectivity index (χ4n) is 3.38. The number of nitrogens with one attached hydrogen (secondary N) is 1. The lowest BCUT2D eigenvalue weighted by atomic mass is 9.94. The van der Waals surface area contributed by atoms with Crippen LogP contribution in [0.15, 0.2) is 22.7 Å². The Kier molecular flexibility index (Phi) is 3.92. The molecule has 1 aromatic rings. The highest BCUT2D eigenvalue weighted by Crippen LogP contribution is 2.32. The summed E-state index contributed by atoms with van der Waals surface area (Å²) in [6, 6.07) is 6.37. The molecule has 2 heterocycles. The van der Waals surface area contributed by atoms with E-state index in [4.69, 9.17) is 0 Å². The van der Waals surface area contributed by atoms with Crippen molar-refractivity contribution in [2.24, 2.45) is 5.92 Å². The topological polar surface area (TPSA) is 15.3 Å². The summed E-state index contributed by atoms with van der Waals surface area (Å²) in [5.41, 5.74) is 1.19. The van der Waals surface area contributed by atoms with Crippen molar-refractivity contribution in [1.29, 1.82) is 0 Å². The van der Waals surface area contributed by atoms with Crippen LogP contribution in [0.4, 0.5) is 4.39 Å². The van der Waals surface area contributed by atoms with Crippen LogP contribution < -0.4 is 5.32 Å². The molecule has 1 aromatic carbocycles. The van der Waals surface area contributed by atoms with E-state index in [1.807, 2.05) is 12.1 Å². The second kappa shape index (κ2) is 5.51. The molecule has 1 N–H and O–H groups in total. The average Bonchev–Trinajstić information content (AvgIpc) is 2.85. The fourth-order valence-corrected chi connectivity index (χ4v) is 3.78. The number of halogens is 2. The third-order valence-corrected chi connectivity index (χ3v) is 5.21. The lowest BCUT2D eigenvalue weighted by molar-refractivity contribution is 0.250. The van der Waals surface area contributed by atoms with Gasteiger partial charge in [0, 0.05) is 25.2 Å². The van der Waals surface area contributed by atoms with Crippen molar-refractivity contribution in [1.82, 2.24) is 10.2 Å². The molecule has 2 aliphatic heterocycles. The summed E-state index contributed by atoms with van der Waals surface area (Å²) in [7, 11) is 0. The van der Waals surface area contributed by atoms with E-state index in [0.717, 1.165) is 25.6 Å². The molecule has 104 valence electrons. The maximum Gasteiger partial charge on any atom is 0.137 e. The third kappa shape index (κ3) is 2.71. The summed E-state index contributed by atoms with van der Waals surface area (Å²) in [5.74, 6) is 0.604. The Labute approximate surface area is 122 Å². The van der Waals surface area contributed by atoms with Crippen molar-refractivity contribution >= 4 is 15.9 Å². The van der Waals surface area contributed by atoms with Gasteiger partial charge in [-0.1, -0.05) is 6.07 Å². The molecule has 19 heavy (non-hydrogen) atoms. The van der Waals surface area contributed by atoms with E-state index < -0.39 is 0 Å². The van der Waals surface area contributed by atoms with Crippen LogP contribution in [0.1, 0.15) is 31.4 Å². The molecular formula is C15H20BrFN2. The van der Waals surface area contributed by atoms with Crippen molar-refractivity contribution < 1.29 is 4.39 Å². The van der Waals surface area contributed by atoms with Crippen molar-refractivity contribution in [3.63, 3.8) is 0 Å². The molecule has 0 saturated carbocycles. The van der Waals surface area contributed by atoms with E-state index >= 15 is 0 Å². The van der Waals surface area contributed by atoms with E-state index in [9.17, 15) is 4.39 Å². The number of hydrogen-bond acceptors (Lipinski definition) is 2. The molecule has 3 atom stereocenters. The lowest BCUT2D eigenvalue weighted by Crippen LogP contribution is -2.40. The van der Waals surface area contributed by atoms with Crippen LogP contribution in [0.5, 0.6) is 0 Å². The van der Waals surface area contributed by atoms with Gasteiger partial charge in [-0.05, 0) is 65.9 Å². The zero-order valence-corrected chi connectivity index (χ0v) is 12.8. The molecule has 0 bridgehead atoms. The first kappa shape index (κ1) is 13.5. The first-order chi connectivity index (χ1) is 9.15. The monoisotopic (exact) mass is 326 g/mol. The second-order valence-corrected chi connectivity index (χ2v) is 6.62. The summed E-state index contributed by atoms with van der Waals surface area (Å²) in [4.78, 5) is 2.52. The SMILES string of the molecule is CC(c1ccc(F)c(Br)c1)N1C[C@@H]2CCCN[C@@H]2C1. The van der Waals surface area contributed by atoms with Crippen LogP contribution in [-0.4, -0.2) is 30.6 Å². The zero-order chi connectivity index (χ0) is 13.4. The van der Waals surface area contributed by atoms with E-state index in [1.54, 1.807) is 6.07 Å². The molecule has 0 spiro atoms. The van der Waals surface area contributed by atoms with Crippen LogP contribution in [0.3, 0.4) is 0 Å². The van der Waals surface area contributed by atoms with Crippen LogP contribution in [0.25, 0.3) is 0 Å². The number of piperidine rings is 1. The molecular weight excluding hydrogens is 307 g/mol. The van der Waals surface area contributed by atoms with Crippen molar-refractivity contribution in [2.75, 3.05) is 19.6 Å². The molecule has 2 nitrogen and oxygen atoms in total. The largest absolute Gasteiger partial charge is 0.312 e. The summed E-state index contributed by atoms with van der Waals surface area (Å²) in [6.45, 7) is 5.65. The molecule has 2 aliphatic rings. The second-order valence-electron chi connectivity index (χ2n) is 5.77. The van der Waals surface area contributed by atoms with E-state index in [1.165, 1.54) is 18.4 Å². The first-order valence-electron chi connectivity index (χ1n) is 7.07. The minimum atomic E-state index is -0.187. The lowest BCUT2D eigenvalue weighted by Gasteiger charge is -2.25. The Balaban J connectivity index is 1.73. The van der Waals surface area contributed by atoms with Gasteiger partial charge in [0.15, 0.2) is 0 Å². The van der Waals surface area contributed by atoms with Crippen molar-refractivity contribution in [2.45, 2.75) is 31.8 Å². The molecule has 3 rings (SSSR count). The number of fused-ring (bicyclic) bond motifs is 1. The van der Waals surface area contributed by atoms with Crippen molar-refractivity contribution in [3.05, 3.63) is 34.1 Å². The average molecular weight is 327 g/mol. The molecule has 2 fully saturated rings. The molecule has 1 unspecified atom stereocenters. The van der Waals surface area contributed by atoms with Gasteiger partial charge in [0.2, 0.25) is 0 Å². The Morgan fingerprint density at radius 3 is 3.00 bits per heavy atom. The standard InChI is InChI=1S/C15H20BrFN2/c1-10(11-4-5-14(17)13(16)7-11)19-8-12-3-2-6-18-15(12)9-19/h4-5,7,10,12,15,18H,2-3,6,8-9H2,1H3/t10?,12-,15+/m0/s1. The van der Waals surface area contributed by atoms with E-state index in [0.29, 0.717) is 16.6 Å². The number of benzene rings is 1. The Morgan fingerprint density at radius 2 is 2.26 bits per heavy atom. The van der Waals surface area contributed by atoms with Gasteiger partial charge in [0.05, 0.1) is 4.47 Å². The minimum Gasteiger partial charge on any atom is -0.312 e. The van der Waals surface area contributed by atoms with Gasteiger partial charge < -0.3 is 5.32 Å². The molecule has 2 saturated heterocycles. The highest BCUT2D eigenvalue weighted by atomic mass is 79.9. The molecule has 0 amide bonds. The Morgan fingerprint density at radius 1 is 1.42 bits per heavy atom. The van der Waals surface area contributed by atoms with Crippen LogP contribution in [0.2, 0.25) is 0 Å².